The zero-order valence-corrected chi connectivity index (χ0v) is 9.92. The van der Waals surface area contributed by atoms with Gasteiger partial charge in [-0.3, -0.25) is 9.78 Å². The number of benzene rings is 1. The number of hydrogen-bond acceptors (Lipinski definition) is 2. The van der Waals surface area contributed by atoms with Gasteiger partial charge in [-0.25, -0.2) is 0 Å². The minimum absolute atomic E-state index is 0.00810. The van der Waals surface area contributed by atoms with E-state index in [0.717, 1.165) is 11.1 Å². The molecule has 0 bridgehead atoms. The Hall–Kier alpha value is -2.16. The molecule has 1 amide bonds. The zero-order valence-electron chi connectivity index (χ0n) is 9.92. The molecule has 0 saturated heterocycles. The number of carbonyl (C=O) groups is 1. The van der Waals surface area contributed by atoms with Gasteiger partial charge in [0.2, 0.25) is 0 Å². The van der Waals surface area contributed by atoms with E-state index in [-0.39, 0.29) is 5.91 Å². The summed E-state index contributed by atoms with van der Waals surface area (Å²) >= 11 is 0. The van der Waals surface area contributed by atoms with Crippen LogP contribution in [0.2, 0.25) is 0 Å². The third kappa shape index (κ3) is 2.33. The van der Waals surface area contributed by atoms with E-state index in [1.807, 2.05) is 30.3 Å². The van der Waals surface area contributed by atoms with E-state index in [1.165, 1.54) is 0 Å². The van der Waals surface area contributed by atoms with Gasteiger partial charge in [0, 0.05) is 32.1 Å². The maximum Gasteiger partial charge on any atom is 0.254 e. The topological polar surface area (TPSA) is 33.2 Å². The summed E-state index contributed by atoms with van der Waals surface area (Å²) in [6.07, 6.45) is 3.37. The third-order valence-corrected chi connectivity index (χ3v) is 2.54. The van der Waals surface area contributed by atoms with Crippen molar-refractivity contribution < 1.29 is 4.79 Å². The highest BCUT2D eigenvalue weighted by Crippen LogP contribution is 2.22. The first-order valence-corrected chi connectivity index (χ1v) is 5.41. The number of rotatable bonds is 2. The fraction of sp³-hybridized carbons (Fsp3) is 0.143. The van der Waals surface area contributed by atoms with Crippen LogP contribution in [0.1, 0.15) is 10.4 Å². The highest BCUT2D eigenvalue weighted by Gasteiger charge is 2.13. The highest BCUT2D eigenvalue weighted by molar-refractivity contribution is 6.00. The second kappa shape index (κ2) is 4.78. The Morgan fingerprint density at radius 3 is 2.47 bits per heavy atom. The van der Waals surface area contributed by atoms with Crippen molar-refractivity contribution in [3.63, 3.8) is 0 Å². The molecule has 1 heterocycles. The lowest BCUT2D eigenvalue weighted by Gasteiger charge is -2.13. The van der Waals surface area contributed by atoms with Gasteiger partial charge in [-0.15, -0.1) is 0 Å². The number of hydrogen-bond donors (Lipinski definition) is 0. The SMILES string of the molecule is CN(C)C(=O)c1ccncc1-c1ccccc1. The van der Waals surface area contributed by atoms with Crippen LogP contribution in [-0.2, 0) is 0 Å². The summed E-state index contributed by atoms with van der Waals surface area (Å²) in [5, 5.41) is 0. The van der Waals surface area contributed by atoms with Crippen molar-refractivity contribution >= 4 is 5.91 Å². The second-order valence-electron chi connectivity index (χ2n) is 3.99. The lowest BCUT2D eigenvalue weighted by atomic mass is 10.0. The molecule has 0 saturated carbocycles. The fourth-order valence-corrected chi connectivity index (χ4v) is 1.67. The van der Waals surface area contributed by atoms with Crippen LogP contribution >= 0.6 is 0 Å². The molecular formula is C14H14N2O. The standard InChI is InChI=1S/C14H14N2O/c1-16(2)14(17)12-8-9-15-10-13(12)11-6-4-3-5-7-11/h3-10H,1-2H3. The molecule has 0 fully saturated rings. The van der Waals surface area contributed by atoms with Crippen molar-refractivity contribution in [3.8, 4) is 11.1 Å². The summed E-state index contributed by atoms with van der Waals surface area (Å²) in [6, 6.07) is 11.6. The van der Waals surface area contributed by atoms with E-state index in [4.69, 9.17) is 0 Å². The van der Waals surface area contributed by atoms with Gasteiger partial charge in [-0.05, 0) is 11.6 Å². The van der Waals surface area contributed by atoms with Crippen molar-refractivity contribution in [2.75, 3.05) is 14.1 Å². The van der Waals surface area contributed by atoms with Crippen molar-refractivity contribution in [3.05, 3.63) is 54.4 Å². The molecule has 1 aromatic carbocycles. The molecule has 3 heteroatoms. The molecule has 1 aromatic heterocycles. The number of amides is 1. The molecule has 0 atom stereocenters. The first kappa shape index (κ1) is 11.3. The van der Waals surface area contributed by atoms with Gasteiger partial charge in [0.05, 0.1) is 5.56 Å². The van der Waals surface area contributed by atoms with E-state index in [0.29, 0.717) is 5.56 Å². The Kier molecular flexibility index (Phi) is 3.19. The largest absolute Gasteiger partial charge is 0.345 e. The van der Waals surface area contributed by atoms with E-state index in [9.17, 15) is 4.79 Å². The van der Waals surface area contributed by atoms with Crippen LogP contribution in [0.5, 0.6) is 0 Å². The summed E-state index contributed by atoms with van der Waals surface area (Å²) in [6.45, 7) is 0. The average Bonchev–Trinajstić information content (AvgIpc) is 2.39. The molecular weight excluding hydrogens is 212 g/mol. The van der Waals surface area contributed by atoms with Crippen LogP contribution in [0.4, 0.5) is 0 Å². The van der Waals surface area contributed by atoms with E-state index >= 15 is 0 Å². The van der Waals surface area contributed by atoms with Gasteiger partial charge in [0.1, 0.15) is 0 Å². The smallest absolute Gasteiger partial charge is 0.254 e. The van der Waals surface area contributed by atoms with Crippen molar-refractivity contribution in [2.45, 2.75) is 0 Å². The third-order valence-electron chi connectivity index (χ3n) is 2.54. The Labute approximate surface area is 101 Å². The minimum Gasteiger partial charge on any atom is -0.345 e. The first-order valence-electron chi connectivity index (χ1n) is 5.41. The second-order valence-corrected chi connectivity index (χ2v) is 3.99. The molecule has 86 valence electrons. The quantitative estimate of drug-likeness (QED) is 0.788. The molecule has 17 heavy (non-hydrogen) atoms. The maximum absolute atomic E-state index is 12.0. The summed E-state index contributed by atoms with van der Waals surface area (Å²) in [5.41, 5.74) is 2.55. The van der Waals surface area contributed by atoms with E-state index in [2.05, 4.69) is 4.98 Å². The van der Waals surface area contributed by atoms with Gasteiger partial charge in [0.15, 0.2) is 0 Å². The normalized spacial score (nSPS) is 10.0. The number of aromatic nitrogens is 1. The molecule has 0 unspecified atom stereocenters. The molecule has 2 aromatic rings. The monoisotopic (exact) mass is 226 g/mol. The van der Waals surface area contributed by atoms with Gasteiger partial charge in [-0.1, -0.05) is 30.3 Å². The predicted molar refractivity (Wildman–Crippen MR) is 67.7 cm³/mol. The molecule has 0 aliphatic heterocycles. The van der Waals surface area contributed by atoms with Crippen LogP contribution in [0, 0.1) is 0 Å². The summed E-state index contributed by atoms with van der Waals surface area (Å²) in [5.74, 6) is -0.00810. The molecule has 3 nitrogen and oxygen atoms in total. The van der Waals surface area contributed by atoms with Gasteiger partial charge >= 0.3 is 0 Å². The van der Waals surface area contributed by atoms with Crippen molar-refractivity contribution in [2.24, 2.45) is 0 Å². The number of nitrogens with zero attached hydrogens (tertiary/aromatic N) is 2. The van der Waals surface area contributed by atoms with Gasteiger partial charge in [-0.2, -0.15) is 0 Å². The Morgan fingerprint density at radius 2 is 1.82 bits per heavy atom. The van der Waals surface area contributed by atoms with Crippen LogP contribution in [0.25, 0.3) is 11.1 Å². The van der Waals surface area contributed by atoms with Crippen LogP contribution < -0.4 is 0 Å². The molecule has 0 aliphatic carbocycles. The fourth-order valence-electron chi connectivity index (χ4n) is 1.67. The van der Waals surface area contributed by atoms with Crippen LogP contribution in [-0.4, -0.2) is 29.9 Å². The van der Waals surface area contributed by atoms with E-state index < -0.39 is 0 Å². The number of pyridine rings is 1. The lowest BCUT2D eigenvalue weighted by Crippen LogP contribution is -2.22. The minimum atomic E-state index is -0.00810. The predicted octanol–water partition coefficient (Wildman–Crippen LogP) is 2.45. The molecule has 0 N–H and O–H groups in total. The summed E-state index contributed by atoms with van der Waals surface area (Å²) in [7, 11) is 3.50. The van der Waals surface area contributed by atoms with Gasteiger partial charge in [0.25, 0.3) is 5.91 Å². The first-order chi connectivity index (χ1) is 8.20. The van der Waals surface area contributed by atoms with Crippen LogP contribution in [0.15, 0.2) is 48.8 Å². The summed E-state index contributed by atoms with van der Waals surface area (Å²) < 4.78 is 0. The Balaban J connectivity index is 2.52. The lowest BCUT2D eigenvalue weighted by molar-refractivity contribution is 0.0828. The highest BCUT2D eigenvalue weighted by atomic mass is 16.2. The molecule has 0 spiro atoms. The number of carbonyl (C=O) groups excluding carboxylic acids is 1. The summed E-state index contributed by atoms with van der Waals surface area (Å²) in [4.78, 5) is 17.7. The average molecular weight is 226 g/mol. The Bertz CT molecular complexity index is 521. The van der Waals surface area contributed by atoms with Crippen molar-refractivity contribution in [1.29, 1.82) is 0 Å². The van der Waals surface area contributed by atoms with Crippen LogP contribution in [0.3, 0.4) is 0 Å². The van der Waals surface area contributed by atoms with Crippen molar-refractivity contribution in [1.82, 2.24) is 9.88 Å². The van der Waals surface area contributed by atoms with Gasteiger partial charge < -0.3 is 4.90 Å². The Morgan fingerprint density at radius 1 is 1.12 bits per heavy atom. The molecule has 0 radical (unpaired) electrons. The molecule has 0 aliphatic rings. The zero-order chi connectivity index (χ0) is 12.3. The van der Waals surface area contributed by atoms with E-state index in [1.54, 1.807) is 37.5 Å². The maximum atomic E-state index is 12.0. The molecule has 2 rings (SSSR count).